The van der Waals surface area contributed by atoms with E-state index in [2.05, 4.69) is 0 Å². The number of rotatable bonds is 3. The Morgan fingerprint density at radius 2 is 1.38 bits per heavy atom. The molecular formula is C21H14ClNO3. The first kappa shape index (κ1) is 16.4. The predicted octanol–water partition coefficient (Wildman–Crippen LogP) is 4.41. The number of esters is 1. The first-order valence-electron chi connectivity index (χ1n) is 8.10. The van der Waals surface area contributed by atoms with Gasteiger partial charge in [-0.15, -0.1) is 0 Å². The van der Waals surface area contributed by atoms with Crippen molar-refractivity contribution < 1.29 is 9.53 Å². The zero-order valence-electron chi connectivity index (χ0n) is 13.7. The van der Waals surface area contributed by atoms with Gasteiger partial charge in [-0.05, 0) is 36.4 Å². The lowest BCUT2D eigenvalue weighted by Gasteiger charge is -2.14. The molecule has 128 valence electrons. The van der Waals surface area contributed by atoms with Crippen molar-refractivity contribution in [3.63, 3.8) is 0 Å². The smallest absolute Gasteiger partial charge is 0.331 e. The molecule has 0 aliphatic carbocycles. The summed E-state index contributed by atoms with van der Waals surface area (Å²) in [5, 5.41) is 1.50. The molecule has 3 aromatic carbocycles. The molecule has 5 heteroatoms. The van der Waals surface area contributed by atoms with Crippen LogP contribution in [-0.4, -0.2) is 10.5 Å². The third kappa shape index (κ3) is 2.85. The van der Waals surface area contributed by atoms with Gasteiger partial charge in [0.1, 0.15) is 12.3 Å². The molecule has 0 atom stereocenters. The van der Waals surface area contributed by atoms with Crippen LogP contribution in [0.3, 0.4) is 0 Å². The third-order valence-electron chi connectivity index (χ3n) is 4.23. The van der Waals surface area contributed by atoms with Crippen LogP contribution < -0.4 is 10.2 Å². The molecule has 0 aliphatic heterocycles. The molecule has 0 amide bonds. The summed E-state index contributed by atoms with van der Waals surface area (Å²) in [5.41, 5.74) is 1.33. The average Bonchev–Trinajstić information content (AvgIpc) is 2.67. The summed E-state index contributed by atoms with van der Waals surface area (Å²) in [5.74, 6) is -0.147. The van der Waals surface area contributed by atoms with Crippen molar-refractivity contribution in [3.05, 3.63) is 88.0 Å². The van der Waals surface area contributed by atoms with E-state index in [0.717, 1.165) is 0 Å². The van der Waals surface area contributed by atoms with Gasteiger partial charge in [-0.2, -0.15) is 0 Å². The molecule has 0 bridgehead atoms. The number of para-hydroxylation sites is 3. The van der Waals surface area contributed by atoms with Crippen molar-refractivity contribution in [2.24, 2.45) is 0 Å². The Labute approximate surface area is 154 Å². The Morgan fingerprint density at radius 3 is 2.00 bits per heavy atom. The summed E-state index contributed by atoms with van der Waals surface area (Å²) in [4.78, 5) is 25.2. The second-order valence-corrected chi connectivity index (χ2v) is 6.26. The highest BCUT2D eigenvalue weighted by atomic mass is 35.5. The molecule has 0 N–H and O–H groups in total. The number of halogens is 1. The van der Waals surface area contributed by atoms with E-state index in [4.69, 9.17) is 16.3 Å². The highest BCUT2D eigenvalue weighted by molar-refractivity contribution is 6.32. The fourth-order valence-electron chi connectivity index (χ4n) is 3.06. The van der Waals surface area contributed by atoms with Crippen LogP contribution in [0.1, 0.15) is 0 Å². The minimum absolute atomic E-state index is 0.0352. The number of fused-ring (bicyclic) bond motifs is 2. The molecule has 1 heterocycles. The van der Waals surface area contributed by atoms with Gasteiger partial charge in [0.15, 0.2) is 5.43 Å². The number of carbonyl (C=O) groups excluding carboxylic acids is 1. The number of carbonyl (C=O) groups is 1. The maximum Gasteiger partial charge on any atom is 0.331 e. The van der Waals surface area contributed by atoms with Crippen LogP contribution in [0.15, 0.2) is 77.6 Å². The van der Waals surface area contributed by atoms with Crippen molar-refractivity contribution >= 4 is 39.4 Å². The standard InChI is InChI=1S/C21H14ClNO3/c22-16-9-3-6-12-19(16)26-20(24)13-23-17-10-4-1-7-14(17)21(25)15-8-2-5-11-18(15)23/h1-12H,13H2. The molecule has 0 unspecified atom stereocenters. The van der Waals surface area contributed by atoms with Gasteiger partial charge < -0.3 is 9.30 Å². The normalized spacial score (nSPS) is 11.0. The first-order valence-corrected chi connectivity index (χ1v) is 8.48. The lowest BCUT2D eigenvalue weighted by atomic mass is 10.1. The fourth-order valence-corrected chi connectivity index (χ4v) is 3.23. The second kappa shape index (κ2) is 6.65. The first-order chi connectivity index (χ1) is 12.6. The lowest BCUT2D eigenvalue weighted by Crippen LogP contribution is -2.20. The van der Waals surface area contributed by atoms with Gasteiger partial charge >= 0.3 is 5.97 Å². The number of pyridine rings is 1. The molecule has 0 radical (unpaired) electrons. The largest absolute Gasteiger partial charge is 0.424 e. The fraction of sp³-hybridized carbons (Fsp3) is 0.0476. The van der Waals surface area contributed by atoms with Gasteiger partial charge in [0.2, 0.25) is 0 Å². The number of benzene rings is 3. The van der Waals surface area contributed by atoms with E-state index in [-0.39, 0.29) is 12.0 Å². The minimum atomic E-state index is -0.461. The van der Waals surface area contributed by atoms with Crippen molar-refractivity contribution in [1.82, 2.24) is 4.57 Å². The van der Waals surface area contributed by atoms with Gasteiger partial charge in [-0.1, -0.05) is 48.0 Å². The van der Waals surface area contributed by atoms with Crippen LogP contribution in [0.2, 0.25) is 5.02 Å². The Kier molecular flexibility index (Phi) is 4.19. The van der Waals surface area contributed by atoms with Crippen molar-refractivity contribution in [2.45, 2.75) is 6.54 Å². The Bertz CT molecular complexity index is 1140. The van der Waals surface area contributed by atoms with Crippen LogP contribution in [0.25, 0.3) is 21.8 Å². The maximum atomic E-state index is 12.7. The molecule has 0 spiro atoms. The molecule has 26 heavy (non-hydrogen) atoms. The summed E-state index contributed by atoms with van der Waals surface area (Å²) in [6, 6.07) is 21.3. The van der Waals surface area contributed by atoms with E-state index in [1.165, 1.54) is 0 Å². The summed E-state index contributed by atoms with van der Waals surface area (Å²) in [6.45, 7) is -0.0352. The van der Waals surface area contributed by atoms with Gasteiger partial charge in [-0.25, -0.2) is 4.79 Å². The van der Waals surface area contributed by atoms with Crippen LogP contribution >= 0.6 is 11.6 Å². The van der Waals surface area contributed by atoms with E-state index in [0.29, 0.717) is 32.6 Å². The van der Waals surface area contributed by atoms with Crippen LogP contribution in [-0.2, 0) is 11.3 Å². The molecule has 4 rings (SSSR count). The quantitative estimate of drug-likeness (QED) is 0.307. The van der Waals surface area contributed by atoms with Crippen LogP contribution in [0, 0.1) is 0 Å². The Balaban J connectivity index is 1.82. The second-order valence-electron chi connectivity index (χ2n) is 5.85. The summed E-state index contributed by atoms with van der Waals surface area (Å²) >= 11 is 6.06. The van der Waals surface area contributed by atoms with Gasteiger partial charge in [0, 0.05) is 10.8 Å². The molecule has 0 saturated heterocycles. The van der Waals surface area contributed by atoms with E-state index in [9.17, 15) is 9.59 Å². The lowest BCUT2D eigenvalue weighted by molar-refractivity contribution is -0.134. The molecule has 4 nitrogen and oxygen atoms in total. The zero-order chi connectivity index (χ0) is 18.1. The molecular weight excluding hydrogens is 350 g/mol. The molecule has 0 fully saturated rings. The van der Waals surface area contributed by atoms with Gasteiger partial charge in [0.05, 0.1) is 16.1 Å². The molecule has 0 saturated carbocycles. The van der Waals surface area contributed by atoms with E-state index >= 15 is 0 Å². The summed E-state index contributed by atoms with van der Waals surface area (Å²) in [6.07, 6.45) is 0. The van der Waals surface area contributed by atoms with Crippen LogP contribution in [0.4, 0.5) is 0 Å². The molecule has 1 aromatic heterocycles. The molecule has 4 aromatic rings. The van der Waals surface area contributed by atoms with Crippen molar-refractivity contribution in [3.8, 4) is 5.75 Å². The average molecular weight is 364 g/mol. The van der Waals surface area contributed by atoms with Crippen molar-refractivity contribution in [2.75, 3.05) is 0 Å². The zero-order valence-corrected chi connectivity index (χ0v) is 14.4. The summed E-state index contributed by atoms with van der Waals surface area (Å²) in [7, 11) is 0. The van der Waals surface area contributed by atoms with Crippen molar-refractivity contribution in [1.29, 1.82) is 0 Å². The summed E-state index contributed by atoms with van der Waals surface area (Å²) < 4.78 is 7.20. The minimum Gasteiger partial charge on any atom is -0.424 e. The topological polar surface area (TPSA) is 48.3 Å². The van der Waals surface area contributed by atoms with E-state index in [1.54, 1.807) is 41.0 Å². The number of nitrogens with zero attached hydrogens (tertiary/aromatic N) is 1. The Hall–Kier alpha value is -3.11. The number of ether oxygens (including phenoxy) is 1. The highest BCUT2D eigenvalue weighted by Crippen LogP contribution is 2.24. The highest BCUT2D eigenvalue weighted by Gasteiger charge is 2.14. The van der Waals surface area contributed by atoms with Gasteiger partial charge in [0.25, 0.3) is 0 Å². The van der Waals surface area contributed by atoms with Crippen LogP contribution in [0.5, 0.6) is 5.75 Å². The maximum absolute atomic E-state index is 12.7. The van der Waals surface area contributed by atoms with E-state index < -0.39 is 5.97 Å². The Morgan fingerprint density at radius 1 is 0.846 bits per heavy atom. The predicted molar refractivity (Wildman–Crippen MR) is 103 cm³/mol. The third-order valence-corrected chi connectivity index (χ3v) is 4.54. The number of hydrogen-bond donors (Lipinski definition) is 0. The monoisotopic (exact) mass is 363 g/mol. The number of aromatic nitrogens is 1. The van der Waals surface area contributed by atoms with Gasteiger partial charge in [-0.3, -0.25) is 4.79 Å². The van der Waals surface area contributed by atoms with E-state index in [1.807, 2.05) is 36.4 Å². The SMILES string of the molecule is O=C(Cn1c2ccccc2c(=O)c2ccccc21)Oc1ccccc1Cl. The molecule has 0 aliphatic rings. The number of hydrogen-bond acceptors (Lipinski definition) is 3.